The summed E-state index contributed by atoms with van der Waals surface area (Å²) in [6.07, 6.45) is 2.47. The fourth-order valence-corrected chi connectivity index (χ4v) is 3.76. The number of benzene rings is 2. The maximum Gasteiger partial charge on any atom is 0.339 e. The van der Waals surface area contributed by atoms with Crippen molar-refractivity contribution in [2.24, 2.45) is 0 Å². The summed E-state index contributed by atoms with van der Waals surface area (Å²) < 4.78 is 16.5. The first-order chi connectivity index (χ1) is 14.0. The van der Waals surface area contributed by atoms with Crippen molar-refractivity contribution in [3.63, 3.8) is 0 Å². The van der Waals surface area contributed by atoms with Gasteiger partial charge in [0.1, 0.15) is 17.1 Å². The molecule has 1 aromatic heterocycles. The second-order valence-corrected chi connectivity index (χ2v) is 7.25. The Morgan fingerprint density at radius 3 is 2.66 bits per heavy atom. The van der Waals surface area contributed by atoms with Crippen molar-refractivity contribution in [2.75, 3.05) is 13.7 Å². The number of carbonyl (C=O) groups excluding carboxylic acids is 1. The summed E-state index contributed by atoms with van der Waals surface area (Å²) >= 11 is 0. The Morgan fingerprint density at radius 1 is 1.14 bits per heavy atom. The molecule has 0 fully saturated rings. The number of rotatable bonds is 6. The van der Waals surface area contributed by atoms with Crippen molar-refractivity contribution >= 4 is 16.9 Å². The molecule has 6 heteroatoms. The predicted molar refractivity (Wildman–Crippen MR) is 110 cm³/mol. The minimum atomic E-state index is -0.265. The van der Waals surface area contributed by atoms with E-state index in [1.807, 2.05) is 43.3 Å². The Kier molecular flexibility index (Phi) is 5.25. The number of ether oxygens (including phenoxy) is 2. The second-order valence-electron chi connectivity index (χ2n) is 7.25. The van der Waals surface area contributed by atoms with Gasteiger partial charge in [-0.05, 0) is 67.1 Å². The summed E-state index contributed by atoms with van der Waals surface area (Å²) in [7, 11) is 1.61. The van der Waals surface area contributed by atoms with Gasteiger partial charge < -0.3 is 19.2 Å². The van der Waals surface area contributed by atoms with Crippen LogP contribution in [0.15, 0.2) is 45.6 Å². The number of methoxy groups -OCH3 is 1. The van der Waals surface area contributed by atoms with E-state index in [1.165, 1.54) is 0 Å². The molecule has 0 aliphatic heterocycles. The van der Waals surface area contributed by atoms with E-state index >= 15 is 0 Å². The molecule has 1 N–H and O–H groups in total. The number of amides is 1. The van der Waals surface area contributed by atoms with Gasteiger partial charge in [-0.1, -0.05) is 12.1 Å². The van der Waals surface area contributed by atoms with Gasteiger partial charge in [-0.15, -0.1) is 0 Å². The van der Waals surface area contributed by atoms with Gasteiger partial charge in [-0.2, -0.15) is 0 Å². The molecule has 0 saturated heterocycles. The van der Waals surface area contributed by atoms with Gasteiger partial charge in [-0.25, -0.2) is 4.79 Å². The largest absolute Gasteiger partial charge is 0.497 e. The minimum absolute atomic E-state index is 0.109. The molecule has 2 aromatic carbocycles. The molecule has 0 atom stereocenters. The third-order valence-electron chi connectivity index (χ3n) is 5.19. The number of aryl methyl sites for hydroxylation is 2. The molecule has 0 unspecified atom stereocenters. The van der Waals surface area contributed by atoms with E-state index in [9.17, 15) is 9.59 Å². The first kappa shape index (κ1) is 19.1. The van der Waals surface area contributed by atoms with Crippen LogP contribution in [0, 0.1) is 6.92 Å². The van der Waals surface area contributed by atoms with Crippen LogP contribution in [0.25, 0.3) is 11.0 Å². The van der Waals surface area contributed by atoms with Gasteiger partial charge in [0.05, 0.1) is 12.5 Å². The standard InChI is InChI=1S/C23H23NO5/c1-14-10-19(22-17-4-3-5-18(17)23(26)29-20(22)11-14)28-13-21(25)24-12-15-6-8-16(27-2)9-7-15/h6-11H,3-5,12-13H2,1-2H3,(H,24,25). The summed E-state index contributed by atoms with van der Waals surface area (Å²) in [5.41, 5.74) is 3.86. The lowest BCUT2D eigenvalue weighted by Crippen LogP contribution is -2.28. The highest BCUT2D eigenvalue weighted by Gasteiger charge is 2.22. The molecule has 1 amide bonds. The van der Waals surface area contributed by atoms with Crippen molar-refractivity contribution in [1.82, 2.24) is 5.32 Å². The molecule has 1 aliphatic rings. The molecule has 0 saturated carbocycles. The Bertz CT molecular complexity index is 1110. The Labute approximate surface area is 168 Å². The number of carbonyl (C=O) groups is 1. The molecule has 6 nitrogen and oxygen atoms in total. The van der Waals surface area contributed by atoms with Crippen LogP contribution in [-0.4, -0.2) is 19.6 Å². The summed E-state index contributed by atoms with van der Waals surface area (Å²) in [4.78, 5) is 24.5. The zero-order valence-corrected chi connectivity index (χ0v) is 16.5. The lowest BCUT2D eigenvalue weighted by atomic mass is 10.0. The Balaban J connectivity index is 1.48. The van der Waals surface area contributed by atoms with Crippen molar-refractivity contribution in [1.29, 1.82) is 0 Å². The number of fused-ring (bicyclic) bond motifs is 3. The predicted octanol–water partition coefficient (Wildman–Crippen LogP) is 3.29. The van der Waals surface area contributed by atoms with E-state index in [-0.39, 0.29) is 18.1 Å². The summed E-state index contributed by atoms with van der Waals surface area (Å²) in [5.74, 6) is 1.14. The molecule has 4 rings (SSSR count). The number of hydrogen-bond acceptors (Lipinski definition) is 5. The van der Waals surface area contributed by atoms with Crippen molar-refractivity contribution in [3.05, 3.63) is 69.1 Å². The third-order valence-corrected chi connectivity index (χ3v) is 5.19. The fraction of sp³-hybridized carbons (Fsp3) is 0.304. The molecule has 0 spiro atoms. The smallest absolute Gasteiger partial charge is 0.339 e. The van der Waals surface area contributed by atoms with Crippen molar-refractivity contribution in [3.8, 4) is 11.5 Å². The van der Waals surface area contributed by atoms with Gasteiger partial charge in [0.25, 0.3) is 5.91 Å². The molecule has 0 bridgehead atoms. The number of nitrogens with one attached hydrogen (secondary N) is 1. The normalized spacial score (nSPS) is 12.6. The van der Waals surface area contributed by atoms with Crippen LogP contribution in [0.4, 0.5) is 0 Å². The zero-order chi connectivity index (χ0) is 20.4. The average molecular weight is 393 g/mol. The van der Waals surface area contributed by atoms with Gasteiger partial charge >= 0.3 is 5.63 Å². The van der Waals surface area contributed by atoms with E-state index in [4.69, 9.17) is 13.9 Å². The first-order valence-corrected chi connectivity index (χ1v) is 9.67. The third kappa shape index (κ3) is 3.97. The molecule has 0 radical (unpaired) electrons. The molecule has 1 aliphatic carbocycles. The highest BCUT2D eigenvalue weighted by Crippen LogP contribution is 2.35. The average Bonchev–Trinajstić information content (AvgIpc) is 3.21. The second kappa shape index (κ2) is 7.99. The summed E-state index contributed by atoms with van der Waals surface area (Å²) in [5, 5.41) is 3.66. The van der Waals surface area contributed by atoms with E-state index in [0.29, 0.717) is 17.9 Å². The van der Waals surface area contributed by atoms with Gasteiger partial charge in [0.2, 0.25) is 0 Å². The molecule has 150 valence electrons. The molecule has 29 heavy (non-hydrogen) atoms. The van der Waals surface area contributed by atoms with E-state index in [1.54, 1.807) is 7.11 Å². The Morgan fingerprint density at radius 2 is 1.90 bits per heavy atom. The van der Waals surface area contributed by atoms with Crippen LogP contribution in [0.3, 0.4) is 0 Å². The van der Waals surface area contributed by atoms with Crippen LogP contribution in [-0.2, 0) is 24.2 Å². The lowest BCUT2D eigenvalue weighted by molar-refractivity contribution is -0.123. The quantitative estimate of drug-likeness (QED) is 0.650. The van der Waals surface area contributed by atoms with Crippen LogP contribution in [0.5, 0.6) is 11.5 Å². The van der Waals surface area contributed by atoms with Crippen LogP contribution >= 0.6 is 0 Å². The van der Waals surface area contributed by atoms with Crippen LogP contribution in [0.1, 0.15) is 28.7 Å². The lowest BCUT2D eigenvalue weighted by Gasteiger charge is -2.13. The number of hydrogen-bond donors (Lipinski definition) is 1. The van der Waals surface area contributed by atoms with Crippen LogP contribution in [0.2, 0.25) is 0 Å². The molecular weight excluding hydrogens is 370 g/mol. The topological polar surface area (TPSA) is 77.8 Å². The SMILES string of the molecule is COc1ccc(CNC(=O)COc2cc(C)cc3oc(=O)c4c(c23)CCC4)cc1. The minimum Gasteiger partial charge on any atom is -0.497 e. The van der Waals surface area contributed by atoms with E-state index in [2.05, 4.69) is 5.32 Å². The summed E-state index contributed by atoms with van der Waals surface area (Å²) in [6, 6.07) is 11.2. The highest BCUT2D eigenvalue weighted by atomic mass is 16.5. The molecule has 3 aromatic rings. The van der Waals surface area contributed by atoms with Gasteiger partial charge in [0.15, 0.2) is 6.61 Å². The molecule has 1 heterocycles. The highest BCUT2D eigenvalue weighted by molar-refractivity contribution is 5.89. The maximum atomic E-state index is 12.3. The van der Waals surface area contributed by atoms with Crippen molar-refractivity contribution in [2.45, 2.75) is 32.7 Å². The molecular formula is C23H23NO5. The van der Waals surface area contributed by atoms with Gasteiger partial charge in [0, 0.05) is 12.1 Å². The van der Waals surface area contributed by atoms with Gasteiger partial charge in [-0.3, -0.25) is 4.79 Å². The van der Waals surface area contributed by atoms with Crippen molar-refractivity contribution < 1.29 is 18.7 Å². The maximum absolute atomic E-state index is 12.3. The monoisotopic (exact) mass is 393 g/mol. The van der Waals surface area contributed by atoms with Crippen LogP contribution < -0.4 is 20.4 Å². The van der Waals surface area contributed by atoms with E-state index < -0.39 is 0 Å². The summed E-state index contributed by atoms with van der Waals surface area (Å²) in [6.45, 7) is 2.21. The first-order valence-electron chi connectivity index (χ1n) is 9.67. The van der Waals surface area contributed by atoms with E-state index in [0.717, 1.165) is 52.7 Å². The zero-order valence-electron chi connectivity index (χ0n) is 16.5. The Hall–Kier alpha value is -3.28. The fourth-order valence-electron chi connectivity index (χ4n) is 3.76.